The van der Waals surface area contributed by atoms with Gasteiger partial charge in [0.15, 0.2) is 0 Å². The molecule has 0 saturated heterocycles. The zero-order chi connectivity index (χ0) is 42.8. The molecule has 1 aliphatic carbocycles. The second kappa shape index (κ2) is 12.7. The van der Waals surface area contributed by atoms with Crippen molar-refractivity contribution in [3.8, 4) is 16.9 Å². The molecule has 0 atom stereocenters. The van der Waals surface area contributed by atoms with Crippen LogP contribution in [0.3, 0.4) is 0 Å². The predicted octanol–water partition coefficient (Wildman–Crippen LogP) is 13.3. The van der Waals surface area contributed by atoms with Crippen LogP contribution in [-0.2, 0) is 16.2 Å². The molecule has 10 rings (SSSR count). The van der Waals surface area contributed by atoms with Crippen LogP contribution in [0.15, 0.2) is 140 Å². The van der Waals surface area contributed by atoms with Crippen LogP contribution in [0.1, 0.15) is 90.2 Å². The van der Waals surface area contributed by atoms with E-state index in [1.807, 2.05) is 12.3 Å². The third-order valence-corrected chi connectivity index (χ3v) is 12.9. The molecule has 2 aliphatic rings. The molecule has 0 saturated carbocycles. The van der Waals surface area contributed by atoms with Crippen molar-refractivity contribution >= 4 is 38.9 Å². The quantitative estimate of drug-likeness (QED) is 0.179. The number of nitrogens with zero attached hydrogens (tertiary/aromatic N) is 4. The van der Waals surface area contributed by atoms with Crippen LogP contribution in [0.4, 0.5) is 17.1 Å². The molecule has 0 radical (unpaired) electrons. The number of pyridine rings is 1. The molecule has 3 heterocycles. The van der Waals surface area contributed by atoms with Crippen LogP contribution in [0.5, 0.6) is 0 Å². The zero-order valence-electron chi connectivity index (χ0n) is 37.8. The molecular formula is C54H52N4. The number of hydrogen-bond acceptors (Lipinski definition) is 3. The van der Waals surface area contributed by atoms with Gasteiger partial charge in [-0.15, -0.1) is 0 Å². The van der Waals surface area contributed by atoms with E-state index >= 15 is 0 Å². The molecule has 0 amide bonds. The van der Waals surface area contributed by atoms with E-state index in [0.29, 0.717) is 0 Å². The number of benzene rings is 6. The summed E-state index contributed by atoms with van der Waals surface area (Å²) in [5, 5.41) is 2.35. The Hall–Kier alpha value is -6.13. The summed E-state index contributed by atoms with van der Waals surface area (Å²) in [6.45, 7) is 15.6. The molecular weight excluding hydrogens is 705 g/mol. The standard InChI is InChI=1S/C54H52N4/c1-34-26-49-50(27-35(34)2)57(33-56(49)9)40-29-38(53(6,7)8)28-39(30-40)54(45-19-13-10-16-41(45)42-17-11-14-20-46(42)54)37-22-23-44-43-18-12-15-21-47(43)58(48(44)31-37)51-32-36(24-25-55-51)52(3,4)5/h10-32H,33H2,1-9H3/i9D3. The summed E-state index contributed by atoms with van der Waals surface area (Å²) in [5.41, 5.74) is 15.6. The van der Waals surface area contributed by atoms with Gasteiger partial charge in [0.05, 0.1) is 34.5 Å². The molecule has 0 unspecified atom stereocenters. The van der Waals surface area contributed by atoms with Crippen molar-refractivity contribution in [3.63, 3.8) is 0 Å². The summed E-state index contributed by atoms with van der Waals surface area (Å²) in [6, 6.07) is 49.1. The molecule has 0 spiro atoms. The van der Waals surface area contributed by atoms with Crippen molar-refractivity contribution < 1.29 is 4.11 Å². The Balaban J connectivity index is 1.30. The van der Waals surface area contributed by atoms with Gasteiger partial charge in [0, 0.05) is 33.7 Å². The minimum Gasteiger partial charge on any atom is -0.355 e. The summed E-state index contributed by atoms with van der Waals surface area (Å²) < 4.78 is 28.2. The lowest BCUT2D eigenvalue weighted by Crippen LogP contribution is -2.30. The maximum absolute atomic E-state index is 8.62. The maximum Gasteiger partial charge on any atom is 0.137 e. The van der Waals surface area contributed by atoms with Gasteiger partial charge in [0.2, 0.25) is 0 Å². The van der Waals surface area contributed by atoms with E-state index in [4.69, 9.17) is 9.10 Å². The van der Waals surface area contributed by atoms with Gasteiger partial charge in [-0.1, -0.05) is 126 Å². The van der Waals surface area contributed by atoms with Gasteiger partial charge in [-0.25, -0.2) is 4.98 Å². The van der Waals surface area contributed by atoms with E-state index in [1.165, 1.54) is 44.2 Å². The highest BCUT2D eigenvalue weighted by molar-refractivity contribution is 6.09. The smallest absolute Gasteiger partial charge is 0.137 e. The van der Waals surface area contributed by atoms with Crippen molar-refractivity contribution in [3.05, 3.63) is 184 Å². The lowest BCUT2D eigenvalue weighted by molar-refractivity contribution is 0.587. The van der Waals surface area contributed by atoms with E-state index in [2.05, 4.69) is 192 Å². The molecule has 4 heteroatoms. The highest BCUT2D eigenvalue weighted by Gasteiger charge is 2.47. The largest absolute Gasteiger partial charge is 0.355 e. The van der Waals surface area contributed by atoms with Gasteiger partial charge in [-0.3, -0.25) is 4.57 Å². The summed E-state index contributed by atoms with van der Waals surface area (Å²) in [4.78, 5) is 8.81. The molecule has 0 bridgehead atoms. The van der Waals surface area contributed by atoms with Crippen LogP contribution < -0.4 is 9.80 Å². The molecule has 0 fully saturated rings. The summed E-state index contributed by atoms with van der Waals surface area (Å²) in [6.07, 6.45) is 1.94. The first-order valence-corrected chi connectivity index (χ1v) is 20.5. The second-order valence-electron chi connectivity index (χ2n) is 18.5. The third kappa shape index (κ3) is 5.30. The summed E-state index contributed by atoms with van der Waals surface area (Å²) >= 11 is 0. The van der Waals surface area contributed by atoms with E-state index in [1.54, 1.807) is 4.90 Å². The fourth-order valence-electron chi connectivity index (χ4n) is 9.63. The van der Waals surface area contributed by atoms with Gasteiger partial charge < -0.3 is 9.80 Å². The summed E-state index contributed by atoms with van der Waals surface area (Å²) in [5.74, 6) is 0.895. The fraction of sp³-hybridized carbons (Fsp3) is 0.241. The minimum atomic E-state index is -2.31. The van der Waals surface area contributed by atoms with Gasteiger partial charge >= 0.3 is 0 Å². The monoisotopic (exact) mass is 759 g/mol. The highest BCUT2D eigenvalue weighted by atomic mass is 15.4. The number of aromatic nitrogens is 2. The molecule has 58 heavy (non-hydrogen) atoms. The molecule has 0 N–H and O–H groups in total. The first-order chi connectivity index (χ1) is 29.0. The molecule has 4 nitrogen and oxygen atoms in total. The predicted molar refractivity (Wildman–Crippen MR) is 245 cm³/mol. The Morgan fingerprint density at radius 2 is 1.22 bits per heavy atom. The Morgan fingerprint density at radius 1 is 0.586 bits per heavy atom. The average molecular weight is 760 g/mol. The molecule has 2 aromatic heterocycles. The van der Waals surface area contributed by atoms with Crippen molar-refractivity contribution in [1.82, 2.24) is 9.55 Å². The Morgan fingerprint density at radius 3 is 1.91 bits per heavy atom. The van der Waals surface area contributed by atoms with Gasteiger partial charge in [-0.05, 0) is 129 Å². The van der Waals surface area contributed by atoms with Crippen LogP contribution in [0.2, 0.25) is 0 Å². The number of rotatable bonds is 4. The molecule has 288 valence electrons. The molecule has 6 aromatic carbocycles. The van der Waals surface area contributed by atoms with Crippen LogP contribution in [-0.4, -0.2) is 23.2 Å². The van der Waals surface area contributed by atoms with Gasteiger partial charge in [-0.2, -0.15) is 0 Å². The second-order valence-corrected chi connectivity index (χ2v) is 18.5. The first-order valence-electron chi connectivity index (χ1n) is 22.0. The van der Waals surface area contributed by atoms with Crippen LogP contribution in [0, 0.1) is 13.8 Å². The van der Waals surface area contributed by atoms with E-state index in [-0.39, 0.29) is 17.5 Å². The normalized spacial score (nSPS) is 15.6. The zero-order valence-corrected chi connectivity index (χ0v) is 34.8. The van der Waals surface area contributed by atoms with E-state index in [9.17, 15) is 0 Å². The first kappa shape index (κ1) is 32.9. The Labute approximate surface area is 347 Å². The number of aryl methyl sites for hydroxylation is 2. The van der Waals surface area contributed by atoms with Crippen LogP contribution in [0.25, 0.3) is 38.8 Å². The SMILES string of the molecule is [2H]C([2H])([2H])N1CN(c2cc(C(C)(C)C)cc(C3(c4ccc5c6ccccc6n(-c6cc(C(C)(C)C)ccn6)c5c4)c4ccccc4-c4ccccc43)c2)c2cc(C)c(C)cc21. The van der Waals surface area contributed by atoms with Crippen molar-refractivity contribution in [2.75, 3.05) is 23.4 Å². The topological polar surface area (TPSA) is 24.3 Å². The lowest BCUT2D eigenvalue weighted by atomic mass is 9.66. The number of anilines is 3. The molecule has 8 aromatic rings. The maximum atomic E-state index is 8.62. The highest BCUT2D eigenvalue weighted by Crippen LogP contribution is 2.58. The fourth-order valence-corrected chi connectivity index (χ4v) is 9.63. The number of para-hydroxylation sites is 1. The third-order valence-electron chi connectivity index (χ3n) is 12.9. The van der Waals surface area contributed by atoms with E-state index in [0.717, 1.165) is 56.2 Å². The summed E-state index contributed by atoms with van der Waals surface area (Å²) in [7, 11) is 0. The van der Waals surface area contributed by atoms with Crippen molar-refractivity contribution in [1.29, 1.82) is 0 Å². The average Bonchev–Trinajstić information content (AvgIpc) is 3.87. The minimum absolute atomic E-state index is 0.0490. The Kier molecular flexibility index (Phi) is 7.20. The number of fused-ring (bicyclic) bond motifs is 7. The van der Waals surface area contributed by atoms with Crippen LogP contribution >= 0.6 is 0 Å². The van der Waals surface area contributed by atoms with Crippen molar-refractivity contribution in [2.45, 2.75) is 71.6 Å². The van der Waals surface area contributed by atoms with Crippen molar-refractivity contribution in [2.24, 2.45) is 0 Å². The van der Waals surface area contributed by atoms with Gasteiger partial charge in [0.25, 0.3) is 0 Å². The number of hydrogen-bond donors (Lipinski definition) is 0. The lowest BCUT2D eigenvalue weighted by Gasteiger charge is -2.36. The van der Waals surface area contributed by atoms with E-state index < -0.39 is 12.4 Å². The van der Waals surface area contributed by atoms with Gasteiger partial charge in [0.1, 0.15) is 5.82 Å². The molecule has 1 aliphatic heterocycles. The Bertz CT molecular complexity index is 3020.